The molecule has 8 heavy (non-hydrogen) atoms. The van der Waals surface area contributed by atoms with Crippen LogP contribution in [0.5, 0.6) is 0 Å². The van der Waals surface area contributed by atoms with Crippen molar-refractivity contribution in [3.05, 3.63) is 0 Å². The van der Waals surface area contributed by atoms with E-state index in [-0.39, 0.29) is 0 Å². The molecule has 1 fully saturated rings. The van der Waals surface area contributed by atoms with Gasteiger partial charge in [0.05, 0.1) is 6.10 Å². The van der Waals surface area contributed by atoms with Gasteiger partial charge in [0.1, 0.15) is 0 Å². The lowest BCUT2D eigenvalue weighted by Crippen LogP contribution is -2.30. The van der Waals surface area contributed by atoms with Crippen LogP contribution in [0, 0.1) is 0 Å². The first kappa shape index (κ1) is 6.05. The van der Waals surface area contributed by atoms with Crippen molar-refractivity contribution >= 4 is 0 Å². The zero-order valence-electron chi connectivity index (χ0n) is 5.26. The highest BCUT2D eigenvalue weighted by molar-refractivity contribution is 4.80. The fourth-order valence-corrected chi connectivity index (χ4v) is 1.25. The molecule has 0 amide bonds. The number of ether oxygens (including phenoxy) is 1. The summed E-state index contributed by atoms with van der Waals surface area (Å²) in [7, 11) is 1.73. The van der Waals surface area contributed by atoms with Gasteiger partial charge in [0.2, 0.25) is 0 Å². The molecule has 2 atom stereocenters. The van der Waals surface area contributed by atoms with Crippen LogP contribution in [0.15, 0.2) is 0 Å². The minimum absolute atomic E-state index is 0.306. The standard InChI is InChI=1S/C6H13NO/c1-8-6-4-2-3-5(6)7/h5-6H,2-4,7H2,1H3/t5-,6+/m1/s1. The average Bonchev–Trinajstić information content (AvgIpc) is 2.14. The Morgan fingerprint density at radius 1 is 1.50 bits per heavy atom. The SMILES string of the molecule is CO[C@H]1CCC[C@H]1N. The highest BCUT2D eigenvalue weighted by Crippen LogP contribution is 2.18. The highest BCUT2D eigenvalue weighted by Gasteiger charge is 2.22. The van der Waals surface area contributed by atoms with Crippen molar-refractivity contribution in [3.8, 4) is 0 Å². The van der Waals surface area contributed by atoms with E-state index in [2.05, 4.69) is 0 Å². The van der Waals surface area contributed by atoms with Gasteiger partial charge >= 0.3 is 0 Å². The van der Waals surface area contributed by atoms with Crippen LogP contribution in [-0.4, -0.2) is 19.3 Å². The third-order valence-corrected chi connectivity index (χ3v) is 1.81. The van der Waals surface area contributed by atoms with Crippen molar-refractivity contribution in [2.45, 2.75) is 31.4 Å². The molecule has 0 radical (unpaired) electrons. The summed E-state index contributed by atoms with van der Waals surface area (Å²) >= 11 is 0. The van der Waals surface area contributed by atoms with Crippen molar-refractivity contribution in [1.82, 2.24) is 0 Å². The van der Waals surface area contributed by atoms with Gasteiger partial charge < -0.3 is 10.5 Å². The summed E-state index contributed by atoms with van der Waals surface area (Å²) < 4.78 is 5.10. The van der Waals surface area contributed by atoms with E-state index in [1.807, 2.05) is 0 Å². The highest BCUT2D eigenvalue weighted by atomic mass is 16.5. The molecule has 1 aliphatic carbocycles. The smallest absolute Gasteiger partial charge is 0.0722 e. The number of methoxy groups -OCH3 is 1. The molecule has 0 bridgehead atoms. The van der Waals surface area contributed by atoms with E-state index in [1.54, 1.807) is 7.11 Å². The first-order valence-electron chi connectivity index (χ1n) is 3.13. The molecule has 0 saturated heterocycles. The Hall–Kier alpha value is -0.0800. The minimum Gasteiger partial charge on any atom is -0.380 e. The van der Waals surface area contributed by atoms with Crippen LogP contribution >= 0.6 is 0 Å². The van der Waals surface area contributed by atoms with E-state index >= 15 is 0 Å². The van der Waals surface area contributed by atoms with E-state index in [0.717, 1.165) is 12.8 Å². The lowest BCUT2D eigenvalue weighted by molar-refractivity contribution is 0.0960. The molecule has 1 saturated carbocycles. The van der Waals surface area contributed by atoms with Crippen molar-refractivity contribution < 1.29 is 4.74 Å². The summed E-state index contributed by atoms with van der Waals surface area (Å²) in [6.07, 6.45) is 3.87. The summed E-state index contributed by atoms with van der Waals surface area (Å²) in [6, 6.07) is 0.306. The minimum atomic E-state index is 0.306. The molecular weight excluding hydrogens is 102 g/mol. The quantitative estimate of drug-likeness (QED) is 0.540. The van der Waals surface area contributed by atoms with E-state index in [0.29, 0.717) is 12.1 Å². The molecule has 0 aromatic carbocycles. The van der Waals surface area contributed by atoms with Gasteiger partial charge in [0, 0.05) is 13.2 Å². The molecule has 2 heteroatoms. The molecule has 2 nitrogen and oxygen atoms in total. The predicted octanol–water partition coefficient (Wildman–Crippen LogP) is 0.513. The van der Waals surface area contributed by atoms with Gasteiger partial charge in [-0.15, -0.1) is 0 Å². The number of hydrogen-bond donors (Lipinski definition) is 1. The van der Waals surface area contributed by atoms with Crippen LogP contribution in [0.25, 0.3) is 0 Å². The topological polar surface area (TPSA) is 35.2 Å². The van der Waals surface area contributed by atoms with Crippen LogP contribution < -0.4 is 5.73 Å². The maximum Gasteiger partial charge on any atom is 0.0722 e. The van der Waals surface area contributed by atoms with Gasteiger partial charge in [0.25, 0.3) is 0 Å². The first-order valence-corrected chi connectivity index (χ1v) is 3.13. The van der Waals surface area contributed by atoms with Crippen LogP contribution in [-0.2, 0) is 4.74 Å². The summed E-state index contributed by atoms with van der Waals surface area (Å²) in [5.74, 6) is 0. The van der Waals surface area contributed by atoms with Gasteiger partial charge in [-0.1, -0.05) is 0 Å². The number of rotatable bonds is 1. The van der Waals surface area contributed by atoms with E-state index in [1.165, 1.54) is 6.42 Å². The van der Waals surface area contributed by atoms with Crippen molar-refractivity contribution in [2.75, 3.05) is 7.11 Å². The van der Waals surface area contributed by atoms with Crippen LogP contribution in [0.4, 0.5) is 0 Å². The fraction of sp³-hybridized carbons (Fsp3) is 1.00. The largest absolute Gasteiger partial charge is 0.380 e. The summed E-state index contributed by atoms with van der Waals surface area (Å²) in [6.45, 7) is 0. The molecular formula is C6H13NO. The maximum atomic E-state index is 5.66. The second-order valence-electron chi connectivity index (χ2n) is 2.37. The van der Waals surface area contributed by atoms with E-state index in [9.17, 15) is 0 Å². The van der Waals surface area contributed by atoms with Crippen molar-refractivity contribution in [2.24, 2.45) is 5.73 Å². The van der Waals surface area contributed by atoms with Crippen molar-refractivity contribution in [1.29, 1.82) is 0 Å². The van der Waals surface area contributed by atoms with Crippen LogP contribution in [0.1, 0.15) is 19.3 Å². The van der Waals surface area contributed by atoms with Gasteiger partial charge in [-0.3, -0.25) is 0 Å². The maximum absolute atomic E-state index is 5.66. The second-order valence-corrected chi connectivity index (χ2v) is 2.37. The Kier molecular flexibility index (Phi) is 1.86. The Morgan fingerprint density at radius 3 is 2.50 bits per heavy atom. The van der Waals surface area contributed by atoms with E-state index < -0.39 is 0 Å². The molecule has 2 N–H and O–H groups in total. The molecule has 1 aliphatic rings. The molecule has 0 aliphatic heterocycles. The number of nitrogens with two attached hydrogens (primary N) is 1. The molecule has 0 unspecified atom stereocenters. The van der Waals surface area contributed by atoms with Crippen molar-refractivity contribution in [3.63, 3.8) is 0 Å². The third kappa shape index (κ3) is 1.01. The lowest BCUT2D eigenvalue weighted by Gasteiger charge is -2.11. The van der Waals surface area contributed by atoms with Gasteiger partial charge in [-0.25, -0.2) is 0 Å². The third-order valence-electron chi connectivity index (χ3n) is 1.81. The van der Waals surface area contributed by atoms with Gasteiger partial charge in [0.15, 0.2) is 0 Å². The lowest BCUT2D eigenvalue weighted by atomic mass is 10.2. The van der Waals surface area contributed by atoms with Crippen LogP contribution in [0.3, 0.4) is 0 Å². The first-order chi connectivity index (χ1) is 3.84. The zero-order valence-corrected chi connectivity index (χ0v) is 5.26. The molecule has 0 aromatic rings. The van der Waals surface area contributed by atoms with E-state index in [4.69, 9.17) is 10.5 Å². The molecule has 0 heterocycles. The number of hydrogen-bond acceptors (Lipinski definition) is 2. The Bertz CT molecular complexity index is 74.9. The van der Waals surface area contributed by atoms with Crippen LogP contribution in [0.2, 0.25) is 0 Å². The Labute approximate surface area is 50.0 Å². The summed E-state index contributed by atoms with van der Waals surface area (Å²) in [4.78, 5) is 0. The zero-order chi connectivity index (χ0) is 5.98. The predicted molar refractivity (Wildman–Crippen MR) is 32.6 cm³/mol. The molecule has 0 aromatic heterocycles. The molecule has 1 rings (SSSR count). The molecule has 48 valence electrons. The monoisotopic (exact) mass is 115 g/mol. The average molecular weight is 115 g/mol. The summed E-state index contributed by atoms with van der Waals surface area (Å²) in [5.41, 5.74) is 5.66. The van der Waals surface area contributed by atoms with Gasteiger partial charge in [-0.2, -0.15) is 0 Å². The normalized spacial score (nSPS) is 38.2. The van der Waals surface area contributed by atoms with Gasteiger partial charge in [-0.05, 0) is 19.3 Å². The Morgan fingerprint density at radius 2 is 2.25 bits per heavy atom. The molecule has 0 spiro atoms. The Balaban J connectivity index is 2.30. The fourth-order valence-electron chi connectivity index (χ4n) is 1.25. The second kappa shape index (κ2) is 2.46. The summed E-state index contributed by atoms with van der Waals surface area (Å²) in [5, 5.41) is 0.